The molecule has 1 heterocycles. The van der Waals surface area contributed by atoms with Crippen molar-refractivity contribution in [3.63, 3.8) is 0 Å². The number of benzene rings is 1. The molecule has 0 radical (unpaired) electrons. The molecule has 0 spiro atoms. The maximum atomic E-state index is 12.2. The van der Waals surface area contributed by atoms with Crippen molar-refractivity contribution in [2.24, 2.45) is 5.41 Å². The predicted molar refractivity (Wildman–Crippen MR) is 102 cm³/mol. The second-order valence-electron chi connectivity index (χ2n) is 8.23. The lowest BCUT2D eigenvalue weighted by molar-refractivity contribution is -0.129. The first kappa shape index (κ1) is 19.6. The third-order valence-electron chi connectivity index (χ3n) is 4.86. The molecule has 1 aliphatic rings. The molecule has 0 saturated carbocycles. The Morgan fingerprint density at radius 2 is 1.72 bits per heavy atom. The first-order valence-corrected chi connectivity index (χ1v) is 9.39. The molecule has 1 N–H and O–H groups in total. The van der Waals surface area contributed by atoms with Gasteiger partial charge in [-0.3, -0.25) is 9.59 Å². The minimum atomic E-state index is -0.326. The van der Waals surface area contributed by atoms with Crippen molar-refractivity contribution in [1.82, 2.24) is 10.2 Å². The Hall–Kier alpha value is -1.68. The molecule has 0 aliphatic carbocycles. The van der Waals surface area contributed by atoms with Crippen molar-refractivity contribution in [2.45, 2.75) is 59.4 Å². The van der Waals surface area contributed by atoms with Crippen molar-refractivity contribution in [3.05, 3.63) is 35.4 Å². The number of piperidine rings is 1. The topological polar surface area (TPSA) is 49.4 Å². The zero-order chi connectivity index (χ0) is 18.4. The van der Waals surface area contributed by atoms with Crippen LogP contribution in [-0.2, 0) is 4.79 Å². The minimum Gasteiger partial charge on any atom is -0.353 e. The van der Waals surface area contributed by atoms with Crippen molar-refractivity contribution in [3.8, 4) is 0 Å². The molecule has 138 valence electrons. The number of carbonyl (C=O) groups excluding carboxylic acids is 2. The molecule has 1 amide bonds. The summed E-state index contributed by atoms with van der Waals surface area (Å²) < 4.78 is 0. The molecule has 4 heteroatoms. The van der Waals surface area contributed by atoms with Gasteiger partial charge in [0.25, 0.3) is 0 Å². The normalized spacial score (nSPS) is 16.6. The van der Waals surface area contributed by atoms with Crippen LogP contribution in [0.1, 0.15) is 62.4 Å². The second kappa shape index (κ2) is 8.61. The summed E-state index contributed by atoms with van der Waals surface area (Å²) in [5, 5.41) is 3.16. The van der Waals surface area contributed by atoms with Crippen LogP contribution in [0.5, 0.6) is 0 Å². The van der Waals surface area contributed by atoms with Gasteiger partial charge in [-0.25, -0.2) is 0 Å². The SMILES string of the molecule is Cc1ccc(C(=O)CCCN2CCC(NC(=O)C(C)(C)C)CC2)cc1. The van der Waals surface area contributed by atoms with E-state index < -0.39 is 0 Å². The van der Waals surface area contributed by atoms with E-state index in [2.05, 4.69) is 10.2 Å². The van der Waals surface area contributed by atoms with Crippen LogP contribution in [0.2, 0.25) is 0 Å². The zero-order valence-electron chi connectivity index (χ0n) is 16.1. The average molecular weight is 344 g/mol. The summed E-state index contributed by atoms with van der Waals surface area (Å²) >= 11 is 0. The molecule has 2 rings (SSSR count). The molecule has 1 aromatic carbocycles. The Kier molecular flexibility index (Phi) is 6.77. The van der Waals surface area contributed by atoms with Crippen molar-refractivity contribution >= 4 is 11.7 Å². The number of ketones is 1. The first-order chi connectivity index (χ1) is 11.8. The number of carbonyl (C=O) groups is 2. The monoisotopic (exact) mass is 344 g/mol. The molecule has 1 aliphatic heterocycles. The molecular formula is C21H32N2O2. The van der Waals surface area contributed by atoms with Crippen LogP contribution in [0.3, 0.4) is 0 Å². The van der Waals surface area contributed by atoms with Gasteiger partial charge in [-0.15, -0.1) is 0 Å². The van der Waals surface area contributed by atoms with Crippen LogP contribution < -0.4 is 5.32 Å². The summed E-state index contributed by atoms with van der Waals surface area (Å²) in [7, 11) is 0. The number of aryl methyl sites for hydroxylation is 1. The Morgan fingerprint density at radius 1 is 1.12 bits per heavy atom. The van der Waals surface area contributed by atoms with Crippen LogP contribution in [-0.4, -0.2) is 42.3 Å². The van der Waals surface area contributed by atoms with Crippen molar-refractivity contribution in [2.75, 3.05) is 19.6 Å². The summed E-state index contributed by atoms with van der Waals surface area (Å²) in [6, 6.07) is 8.10. The van der Waals surface area contributed by atoms with E-state index in [1.54, 1.807) is 0 Å². The Balaban J connectivity index is 1.66. The number of amides is 1. The summed E-state index contributed by atoms with van der Waals surface area (Å²) in [6.45, 7) is 10.8. The van der Waals surface area contributed by atoms with Crippen LogP contribution in [0.15, 0.2) is 24.3 Å². The quantitative estimate of drug-likeness (QED) is 0.803. The van der Waals surface area contributed by atoms with Crippen molar-refractivity contribution < 1.29 is 9.59 Å². The smallest absolute Gasteiger partial charge is 0.225 e. The molecule has 1 saturated heterocycles. The minimum absolute atomic E-state index is 0.134. The molecule has 0 bridgehead atoms. The van der Waals surface area contributed by atoms with E-state index in [1.165, 1.54) is 5.56 Å². The number of hydrogen-bond acceptors (Lipinski definition) is 3. The third-order valence-corrected chi connectivity index (χ3v) is 4.86. The lowest BCUT2D eigenvalue weighted by Gasteiger charge is -2.33. The fourth-order valence-corrected chi connectivity index (χ4v) is 3.05. The number of Topliss-reactive ketones (excluding diaryl/α,β-unsaturated/α-hetero) is 1. The summed E-state index contributed by atoms with van der Waals surface area (Å²) in [5.74, 6) is 0.363. The van der Waals surface area contributed by atoms with E-state index in [4.69, 9.17) is 0 Å². The molecule has 4 nitrogen and oxygen atoms in total. The Labute approximate surface area is 152 Å². The molecular weight excluding hydrogens is 312 g/mol. The molecule has 1 fully saturated rings. The van der Waals surface area contributed by atoms with Crippen LogP contribution in [0, 0.1) is 12.3 Å². The molecule has 1 aromatic rings. The molecule has 0 aromatic heterocycles. The van der Waals surface area contributed by atoms with Gasteiger partial charge in [0.15, 0.2) is 5.78 Å². The number of rotatable bonds is 6. The van der Waals surface area contributed by atoms with Gasteiger partial charge in [0, 0.05) is 36.5 Å². The largest absolute Gasteiger partial charge is 0.353 e. The van der Waals surface area contributed by atoms with E-state index >= 15 is 0 Å². The maximum Gasteiger partial charge on any atom is 0.225 e. The van der Waals surface area contributed by atoms with Gasteiger partial charge in [-0.1, -0.05) is 50.6 Å². The number of likely N-dealkylation sites (tertiary alicyclic amines) is 1. The van der Waals surface area contributed by atoms with Gasteiger partial charge >= 0.3 is 0 Å². The highest BCUT2D eigenvalue weighted by atomic mass is 16.2. The lowest BCUT2D eigenvalue weighted by Crippen LogP contribution is -2.47. The van der Waals surface area contributed by atoms with Crippen molar-refractivity contribution in [1.29, 1.82) is 0 Å². The maximum absolute atomic E-state index is 12.2. The summed E-state index contributed by atoms with van der Waals surface area (Å²) in [6.07, 6.45) is 3.48. The van der Waals surface area contributed by atoms with Gasteiger partial charge in [0.2, 0.25) is 5.91 Å². The Bertz CT molecular complexity index is 579. The van der Waals surface area contributed by atoms with E-state index in [9.17, 15) is 9.59 Å². The molecule has 25 heavy (non-hydrogen) atoms. The number of nitrogens with one attached hydrogen (secondary N) is 1. The van der Waals surface area contributed by atoms with Crippen LogP contribution >= 0.6 is 0 Å². The number of nitrogens with zero attached hydrogens (tertiary/aromatic N) is 1. The summed E-state index contributed by atoms with van der Waals surface area (Å²) in [5.41, 5.74) is 1.67. The fourth-order valence-electron chi connectivity index (χ4n) is 3.05. The highest BCUT2D eigenvalue weighted by molar-refractivity contribution is 5.96. The van der Waals surface area contributed by atoms with Gasteiger partial charge < -0.3 is 10.2 Å². The van der Waals surface area contributed by atoms with Gasteiger partial charge in [-0.05, 0) is 32.7 Å². The van der Waals surface area contributed by atoms with E-state index in [0.29, 0.717) is 6.42 Å². The van der Waals surface area contributed by atoms with E-state index in [1.807, 2.05) is 52.0 Å². The van der Waals surface area contributed by atoms with E-state index in [-0.39, 0.29) is 23.1 Å². The third kappa shape index (κ3) is 6.28. The highest BCUT2D eigenvalue weighted by Gasteiger charge is 2.26. The van der Waals surface area contributed by atoms with Gasteiger partial charge in [-0.2, -0.15) is 0 Å². The Morgan fingerprint density at radius 3 is 2.28 bits per heavy atom. The van der Waals surface area contributed by atoms with Gasteiger partial charge in [0.05, 0.1) is 0 Å². The van der Waals surface area contributed by atoms with Crippen LogP contribution in [0.4, 0.5) is 0 Å². The zero-order valence-corrected chi connectivity index (χ0v) is 16.1. The fraction of sp³-hybridized carbons (Fsp3) is 0.619. The number of hydrogen-bond donors (Lipinski definition) is 1. The highest BCUT2D eigenvalue weighted by Crippen LogP contribution is 2.17. The van der Waals surface area contributed by atoms with Crippen LogP contribution in [0.25, 0.3) is 0 Å². The lowest BCUT2D eigenvalue weighted by atomic mass is 9.94. The first-order valence-electron chi connectivity index (χ1n) is 9.39. The van der Waals surface area contributed by atoms with E-state index in [0.717, 1.165) is 44.5 Å². The average Bonchev–Trinajstić information content (AvgIpc) is 2.56. The predicted octanol–water partition coefficient (Wildman–Crippen LogP) is 3.58. The van der Waals surface area contributed by atoms with Gasteiger partial charge in [0.1, 0.15) is 0 Å². The summed E-state index contributed by atoms with van der Waals surface area (Å²) in [4.78, 5) is 26.7. The molecule has 0 unspecified atom stereocenters. The molecule has 0 atom stereocenters. The standard InChI is InChI=1S/C21H32N2O2/c1-16-7-9-17(10-8-16)19(24)6-5-13-23-14-11-18(12-15-23)22-20(25)21(2,3)4/h7-10,18H,5-6,11-15H2,1-4H3,(H,22,25). The second-order valence-corrected chi connectivity index (χ2v) is 8.23.